The molecule has 2 heterocycles. The molecule has 112 valence electrons. The third kappa shape index (κ3) is 2.76. The Bertz CT molecular complexity index is 775. The number of benzene rings is 1. The number of aromatic nitrogens is 3. The van der Waals surface area contributed by atoms with Gasteiger partial charge in [-0.25, -0.2) is 4.68 Å². The molecule has 1 aromatic carbocycles. The monoisotopic (exact) mass is 296 g/mol. The van der Waals surface area contributed by atoms with E-state index in [-0.39, 0.29) is 11.7 Å². The number of nitrogens with zero attached hydrogens (tertiary/aromatic N) is 3. The molecule has 0 aliphatic rings. The van der Waals surface area contributed by atoms with E-state index in [1.165, 1.54) is 6.26 Å². The Labute approximate surface area is 127 Å². The van der Waals surface area contributed by atoms with Crippen LogP contribution in [-0.2, 0) is 0 Å². The van der Waals surface area contributed by atoms with E-state index in [4.69, 9.17) is 4.42 Å². The molecule has 0 saturated carbocycles. The minimum Gasteiger partial charge on any atom is -0.459 e. The Morgan fingerprint density at radius 3 is 2.86 bits per heavy atom. The highest BCUT2D eigenvalue weighted by molar-refractivity contribution is 6.02. The summed E-state index contributed by atoms with van der Waals surface area (Å²) in [6.45, 7) is 4.16. The third-order valence-electron chi connectivity index (χ3n) is 3.26. The second kappa shape index (κ2) is 5.85. The largest absolute Gasteiger partial charge is 0.459 e. The van der Waals surface area contributed by atoms with Crippen LogP contribution in [0.4, 0.5) is 5.69 Å². The van der Waals surface area contributed by atoms with Crippen molar-refractivity contribution in [2.45, 2.75) is 19.8 Å². The number of carbonyl (C=O) groups excluding carboxylic acids is 1. The van der Waals surface area contributed by atoms with E-state index in [9.17, 15) is 4.79 Å². The summed E-state index contributed by atoms with van der Waals surface area (Å²) in [4.78, 5) is 12.0. The van der Waals surface area contributed by atoms with Gasteiger partial charge >= 0.3 is 0 Å². The van der Waals surface area contributed by atoms with Gasteiger partial charge in [0.05, 0.1) is 23.8 Å². The van der Waals surface area contributed by atoms with Crippen molar-refractivity contribution in [3.63, 3.8) is 0 Å². The smallest absolute Gasteiger partial charge is 0.291 e. The molecule has 1 amide bonds. The molecule has 0 bridgehead atoms. The lowest BCUT2D eigenvalue weighted by Crippen LogP contribution is -2.11. The van der Waals surface area contributed by atoms with Crippen molar-refractivity contribution in [2.75, 3.05) is 5.32 Å². The van der Waals surface area contributed by atoms with Crippen LogP contribution in [0.15, 0.2) is 53.3 Å². The zero-order valence-electron chi connectivity index (χ0n) is 12.4. The molecule has 2 aromatic heterocycles. The normalized spacial score (nSPS) is 10.9. The summed E-state index contributed by atoms with van der Waals surface area (Å²) in [6, 6.07) is 10.7. The molecule has 0 aliphatic heterocycles. The number of hydrogen-bond donors (Lipinski definition) is 1. The summed E-state index contributed by atoms with van der Waals surface area (Å²) in [5.41, 5.74) is 2.53. The topological polar surface area (TPSA) is 73.0 Å². The zero-order valence-corrected chi connectivity index (χ0v) is 12.4. The van der Waals surface area contributed by atoms with Crippen molar-refractivity contribution < 1.29 is 9.21 Å². The molecule has 3 rings (SSSR count). The summed E-state index contributed by atoms with van der Waals surface area (Å²) in [7, 11) is 0. The summed E-state index contributed by atoms with van der Waals surface area (Å²) in [6.07, 6.45) is 3.22. The number of furan rings is 1. The summed E-state index contributed by atoms with van der Waals surface area (Å²) in [5, 5.41) is 10.9. The Hall–Kier alpha value is -2.89. The maximum absolute atomic E-state index is 12.0. The number of anilines is 1. The molecule has 0 radical (unpaired) electrons. The minimum absolute atomic E-state index is 0.272. The maximum atomic E-state index is 12.0. The Morgan fingerprint density at radius 2 is 2.14 bits per heavy atom. The van der Waals surface area contributed by atoms with Crippen LogP contribution in [-0.4, -0.2) is 20.9 Å². The molecule has 22 heavy (non-hydrogen) atoms. The standard InChI is InChI=1S/C16H16N4O2/c1-11(2)14-10-17-19-20(14)13-6-3-5-12(9-13)18-16(21)15-7-4-8-22-15/h3-11H,1-2H3,(H,18,21). The second-order valence-corrected chi connectivity index (χ2v) is 5.21. The minimum atomic E-state index is -0.287. The van der Waals surface area contributed by atoms with Crippen LogP contribution in [0.1, 0.15) is 36.0 Å². The van der Waals surface area contributed by atoms with E-state index in [1.807, 2.05) is 24.3 Å². The fraction of sp³-hybridized carbons (Fsp3) is 0.188. The van der Waals surface area contributed by atoms with Gasteiger partial charge in [0.25, 0.3) is 5.91 Å². The van der Waals surface area contributed by atoms with Gasteiger partial charge < -0.3 is 9.73 Å². The van der Waals surface area contributed by atoms with Crippen molar-refractivity contribution in [2.24, 2.45) is 0 Å². The van der Waals surface area contributed by atoms with Gasteiger partial charge in [-0.1, -0.05) is 25.1 Å². The molecule has 1 N–H and O–H groups in total. The number of nitrogens with one attached hydrogen (secondary N) is 1. The molecule has 0 spiro atoms. The number of amides is 1. The lowest BCUT2D eigenvalue weighted by atomic mass is 10.1. The number of carbonyl (C=O) groups is 1. The van der Waals surface area contributed by atoms with Crippen LogP contribution in [0.2, 0.25) is 0 Å². The SMILES string of the molecule is CC(C)c1cnnn1-c1cccc(NC(=O)c2ccco2)c1. The second-order valence-electron chi connectivity index (χ2n) is 5.21. The first-order chi connectivity index (χ1) is 10.6. The van der Waals surface area contributed by atoms with E-state index in [0.717, 1.165) is 11.4 Å². The van der Waals surface area contributed by atoms with Crippen molar-refractivity contribution in [1.29, 1.82) is 0 Å². The average molecular weight is 296 g/mol. The molecule has 3 aromatic rings. The van der Waals surface area contributed by atoms with Crippen molar-refractivity contribution in [3.05, 3.63) is 60.3 Å². The number of rotatable bonds is 4. The van der Waals surface area contributed by atoms with Gasteiger partial charge in [0.1, 0.15) is 0 Å². The first kappa shape index (κ1) is 14.1. The quantitative estimate of drug-likeness (QED) is 0.802. The molecule has 0 saturated heterocycles. The molecular weight excluding hydrogens is 280 g/mol. The predicted molar refractivity (Wildman–Crippen MR) is 82.1 cm³/mol. The number of hydrogen-bond acceptors (Lipinski definition) is 4. The van der Waals surface area contributed by atoms with Crippen LogP contribution in [0.3, 0.4) is 0 Å². The maximum Gasteiger partial charge on any atom is 0.291 e. The predicted octanol–water partition coefficient (Wildman–Crippen LogP) is 3.24. The molecule has 6 nitrogen and oxygen atoms in total. The van der Waals surface area contributed by atoms with Crippen molar-refractivity contribution >= 4 is 11.6 Å². The van der Waals surface area contributed by atoms with Gasteiger partial charge in [-0.15, -0.1) is 5.10 Å². The molecule has 0 unspecified atom stereocenters. The van der Waals surface area contributed by atoms with Crippen molar-refractivity contribution in [3.8, 4) is 5.69 Å². The van der Waals surface area contributed by atoms with E-state index >= 15 is 0 Å². The zero-order chi connectivity index (χ0) is 15.5. The van der Waals surface area contributed by atoms with Gasteiger partial charge in [-0.05, 0) is 36.2 Å². The lowest BCUT2D eigenvalue weighted by Gasteiger charge is -2.10. The average Bonchev–Trinajstić information content (AvgIpc) is 3.19. The van der Waals surface area contributed by atoms with Crippen molar-refractivity contribution in [1.82, 2.24) is 15.0 Å². The first-order valence-electron chi connectivity index (χ1n) is 7.01. The van der Waals surface area contributed by atoms with Crippen LogP contribution in [0.5, 0.6) is 0 Å². The Balaban J connectivity index is 1.87. The van der Waals surface area contributed by atoms with Gasteiger partial charge in [0.15, 0.2) is 5.76 Å². The Morgan fingerprint density at radius 1 is 1.27 bits per heavy atom. The van der Waals surface area contributed by atoms with Gasteiger partial charge in [0, 0.05) is 5.69 Å². The van der Waals surface area contributed by atoms with E-state index in [2.05, 4.69) is 29.5 Å². The fourth-order valence-electron chi connectivity index (χ4n) is 2.15. The molecular formula is C16H16N4O2. The fourth-order valence-corrected chi connectivity index (χ4v) is 2.15. The van der Waals surface area contributed by atoms with Crippen LogP contribution in [0.25, 0.3) is 5.69 Å². The first-order valence-corrected chi connectivity index (χ1v) is 7.01. The highest BCUT2D eigenvalue weighted by atomic mass is 16.3. The van der Waals surface area contributed by atoms with Crippen LogP contribution < -0.4 is 5.32 Å². The van der Waals surface area contributed by atoms with Crippen LogP contribution >= 0.6 is 0 Å². The summed E-state index contributed by atoms with van der Waals surface area (Å²) in [5.74, 6) is 0.287. The summed E-state index contributed by atoms with van der Waals surface area (Å²) >= 11 is 0. The lowest BCUT2D eigenvalue weighted by molar-refractivity contribution is 0.0996. The van der Waals surface area contributed by atoms with Gasteiger partial charge in [0.2, 0.25) is 0 Å². The van der Waals surface area contributed by atoms with Gasteiger partial charge in [-0.3, -0.25) is 4.79 Å². The molecule has 0 fully saturated rings. The molecule has 0 aliphatic carbocycles. The highest BCUT2D eigenvalue weighted by Gasteiger charge is 2.12. The van der Waals surface area contributed by atoms with Gasteiger partial charge in [-0.2, -0.15) is 0 Å². The summed E-state index contributed by atoms with van der Waals surface area (Å²) < 4.78 is 6.85. The van der Waals surface area contributed by atoms with E-state index < -0.39 is 0 Å². The van der Waals surface area contributed by atoms with E-state index in [1.54, 1.807) is 23.0 Å². The molecule has 0 atom stereocenters. The Kier molecular flexibility index (Phi) is 3.74. The highest BCUT2D eigenvalue weighted by Crippen LogP contribution is 2.20. The third-order valence-corrected chi connectivity index (χ3v) is 3.26. The van der Waals surface area contributed by atoms with E-state index in [0.29, 0.717) is 11.6 Å². The molecule has 6 heteroatoms. The van der Waals surface area contributed by atoms with Crippen LogP contribution in [0, 0.1) is 0 Å².